The number of carbonyl (C=O) groups excluding carboxylic acids is 2. The van der Waals surface area contributed by atoms with Crippen molar-refractivity contribution in [2.45, 2.75) is 64.7 Å². The number of ketones is 1. The standard InChI is InChI=1S/C28H36N2O2.ClH/c1-2-29(19-16-22-10-5-3-6-11-22)17-8-4-7-13-26(31)25-20-23-12-9-18-30-27(32)15-14-24(21-25)28(23)30;/h3,5-6,10-11,20-21H,2,4,7-9,12-19H2,1H3;1H. The minimum absolute atomic E-state index is 0. The molecule has 0 atom stereocenters. The Balaban J connectivity index is 0.00000306. The van der Waals surface area contributed by atoms with Crippen LogP contribution in [0.3, 0.4) is 0 Å². The van der Waals surface area contributed by atoms with Crippen molar-refractivity contribution in [3.05, 3.63) is 64.7 Å². The third-order valence-corrected chi connectivity index (χ3v) is 6.98. The van der Waals surface area contributed by atoms with Gasteiger partial charge in [-0.1, -0.05) is 43.7 Å². The third-order valence-electron chi connectivity index (χ3n) is 6.98. The highest BCUT2D eigenvalue weighted by atomic mass is 35.5. The molecule has 1 amide bonds. The van der Waals surface area contributed by atoms with Gasteiger partial charge in [-0.2, -0.15) is 0 Å². The molecule has 2 aromatic carbocycles. The van der Waals surface area contributed by atoms with Gasteiger partial charge in [0.2, 0.25) is 5.91 Å². The highest BCUT2D eigenvalue weighted by Gasteiger charge is 2.30. The lowest BCUT2D eigenvalue weighted by Crippen LogP contribution is -2.39. The van der Waals surface area contributed by atoms with Gasteiger partial charge in [-0.25, -0.2) is 0 Å². The Kier molecular flexibility index (Phi) is 9.52. The largest absolute Gasteiger partial charge is 0.312 e. The second-order valence-corrected chi connectivity index (χ2v) is 9.20. The predicted octanol–water partition coefficient (Wildman–Crippen LogP) is 5.64. The Labute approximate surface area is 204 Å². The number of unbranched alkanes of at least 4 members (excludes halogenated alkanes) is 2. The van der Waals surface area contributed by atoms with Crippen LogP contribution in [-0.2, 0) is 24.1 Å². The zero-order valence-corrected chi connectivity index (χ0v) is 20.7. The molecular weight excluding hydrogens is 432 g/mol. The molecule has 0 saturated carbocycles. The molecule has 0 aromatic heterocycles. The number of anilines is 1. The average molecular weight is 469 g/mol. The Morgan fingerprint density at radius 3 is 2.48 bits per heavy atom. The van der Waals surface area contributed by atoms with Crippen molar-refractivity contribution in [2.75, 3.05) is 31.1 Å². The lowest BCUT2D eigenvalue weighted by Gasteiger charge is -2.35. The zero-order valence-electron chi connectivity index (χ0n) is 19.9. The number of aryl methyl sites for hydroxylation is 2. The van der Waals surface area contributed by atoms with Crippen molar-refractivity contribution < 1.29 is 9.59 Å². The van der Waals surface area contributed by atoms with E-state index in [9.17, 15) is 9.59 Å². The first-order chi connectivity index (χ1) is 15.7. The Hall–Kier alpha value is -2.17. The van der Waals surface area contributed by atoms with Crippen LogP contribution < -0.4 is 4.90 Å². The minimum Gasteiger partial charge on any atom is -0.312 e. The summed E-state index contributed by atoms with van der Waals surface area (Å²) in [6.07, 6.45) is 8.21. The number of likely N-dealkylation sites (N-methyl/N-ethyl adjacent to an activating group) is 1. The zero-order chi connectivity index (χ0) is 22.3. The number of carbonyl (C=O) groups is 2. The van der Waals surface area contributed by atoms with E-state index < -0.39 is 0 Å². The summed E-state index contributed by atoms with van der Waals surface area (Å²) < 4.78 is 0. The summed E-state index contributed by atoms with van der Waals surface area (Å²) in [4.78, 5) is 29.6. The van der Waals surface area contributed by atoms with Crippen molar-refractivity contribution in [3.63, 3.8) is 0 Å². The van der Waals surface area contributed by atoms with Gasteiger partial charge in [-0.3, -0.25) is 9.59 Å². The molecule has 178 valence electrons. The number of rotatable bonds is 11. The number of amides is 1. The normalized spacial score (nSPS) is 14.7. The van der Waals surface area contributed by atoms with E-state index in [1.165, 1.54) is 16.7 Å². The molecule has 0 N–H and O–H groups in total. The fraction of sp³-hybridized carbons (Fsp3) is 0.500. The summed E-state index contributed by atoms with van der Waals surface area (Å²) in [5.41, 5.74) is 5.75. The van der Waals surface area contributed by atoms with Crippen LogP contribution in [0.4, 0.5) is 5.69 Å². The van der Waals surface area contributed by atoms with Crippen molar-refractivity contribution >= 4 is 29.8 Å². The van der Waals surface area contributed by atoms with E-state index in [-0.39, 0.29) is 24.1 Å². The maximum absolute atomic E-state index is 12.9. The first-order valence-electron chi connectivity index (χ1n) is 12.4. The molecule has 5 heteroatoms. The Morgan fingerprint density at radius 1 is 0.970 bits per heavy atom. The monoisotopic (exact) mass is 468 g/mol. The van der Waals surface area contributed by atoms with Crippen molar-refractivity contribution in [3.8, 4) is 0 Å². The van der Waals surface area contributed by atoms with E-state index in [1.807, 2.05) is 4.90 Å². The summed E-state index contributed by atoms with van der Waals surface area (Å²) >= 11 is 0. The molecule has 2 aromatic rings. The SMILES string of the molecule is CCN(CCCCCC(=O)c1cc2c3c(c1)CCC(=O)N3CCC2)CCc1ccccc1.Cl. The van der Waals surface area contributed by atoms with Gasteiger partial charge in [0.15, 0.2) is 5.78 Å². The first kappa shape index (κ1) is 25.5. The van der Waals surface area contributed by atoms with Crippen LogP contribution in [0.15, 0.2) is 42.5 Å². The van der Waals surface area contributed by atoms with E-state index in [2.05, 4.69) is 54.3 Å². The molecule has 0 fully saturated rings. The van der Waals surface area contributed by atoms with Gasteiger partial charge in [-0.05, 0) is 80.4 Å². The molecule has 0 bridgehead atoms. The van der Waals surface area contributed by atoms with Crippen molar-refractivity contribution in [1.82, 2.24) is 4.90 Å². The molecule has 2 aliphatic rings. The van der Waals surface area contributed by atoms with E-state index >= 15 is 0 Å². The van der Waals surface area contributed by atoms with Gasteiger partial charge in [0, 0.05) is 31.5 Å². The Morgan fingerprint density at radius 2 is 1.73 bits per heavy atom. The molecule has 4 rings (SSSR count). The summed E-state index contributed by atoms with van der Waals surface area (Å²) in [7, 11) is 0. The van der Waals surface area contributed by atoms with Crippen LogP contribution in [0.5, 0.6) is 0 Å². The van der Waals surface area contributed by atoms with Crippen LogP contribution in [0.1, 0.15) is 72.5 Å². The molecule has 2 aliphatic heterocycles. The topological polar surface area (TPSA) is 40.6 Å². The number of hydrogen-bond acceptors (Lipinski definition) is 3. The van der Waals surface area contributed by atoms with Crippen LogP contribution >= 0.6 is 12.4 Å². The summed E-state index contributed by atoms with van der Waals surface area (Å²) in [5.74, 6) is 0.497. The Bertz CT molecular complexity index is 927. The number of Topliss-reactive ketones (excluding diaryl/α,β-unsaturated/α-hetero) is 1. The maximum atomic E-state index is 12.9. The van der Waals surface area contributed by atoms with Gasteiger partial charge in [0.1, 0.15) is 0 Å². The average Bonchev–Trinajstić information content (AvgIpc) is 2.83. The second-order valence-electron chi connectivity index (χ2n) is 9.20. The quantitative estimate of drug-likeness (QED) is 0.316. The van der Waals surface area contributed by atoms with E-state index in [0.717, 1.165) is 82.4 Å². The van der Waals surface area contributed by atoms with Crippen molar-refractivity contribution in [1.29, 1.82) is 0 Å². The highest BCUT2D eigenvalue weighted by molar-refractivity contribution is 6.01. The molecule has 0 radical (unpaired) electrons. The number of nitrogens with zero attached hydrogens (tertiary/aromatic N) is 2. The van der Waals surface area contributed by atoms with Gasteiger partial charge in [0.25, 0.3) is 0 Å². The first-order valence-corrected chi connectivity index (χ1v) is 12.4. The van der Waals surface area contributed by atoms with Crippen LogP contribution in [0, 0.1) is 0 Å². The van der Waals surface area contributed by atoms with Gasteiger partial charge in [0.05, 0.1) is 5.69 Å². The van der Waals surface area contributed by atoms with Crippen LogP contribution in [-0.4, -0.2) is 42.8 Å². The maximum Gasteiger partial charge on any atom is 0.227 e. The number of benzene rings is 2. The number of halogens is 1. The molecule has 33 heavy (non-hydrogen) atoms. The fourth-order valence-electron chi connectivity index (χ4n) is 5.12. The second kappa shape index (κ2) is 12.3. The van der Waals surface area contributed by atoms with Crippen molar-refractivity contribution in [2.24, 2.45) is 0 Å². The van der Waals surface area contributed by atoms with Gasteiger partial charge >= 0.3 is 0 Å². The minimum atomic E-state index is 0. The molecule has 2 heterocycles. The number of hydrogen-bond donors (Lipinski definition) is 0. The van der Waals surface area contributed by atoms with E-state index in [4.69, 9.17) is 0 Å². The molecular formula is C28H37ClN2O2. The van der Waals surface area contributed by atoms with Gasteiger partial charge in [-0.15, -0.1) is 12.4 Å². The summed E-state index contributed by atoms with van der Waals surface area (Å²) in [6.45, 7) is 6.32. The van der Waals surface area contributed by atoms with Crippen LogP contribution in [0.25, 0.3) is 0 Å². The van der Waals surface area contributed by atoms with E-state index in [0.29, 0.717) is 12.8 Å². The van der Waals surface area contributed by atoms with Gasteiger partial charge < -0.3 is 9.80 Å². The predicted molar refractivity (Wildman–Crippen MR) is 138 cm³/mol. The highest BCUT2D eigenvalue weighted by Crippen LogP contribution is 2.36. The van der Waals surface area contributed by atoms with E-state index in [1.54, 1.807) is 0 Å². The third kappa shape index (κ3) is 6.45. The molecule has 0 saturated heterocycles. The molecule has 0 unspecified atom stereocenters. The summed E-state index contributed by atoms with van der Waals surface area (Å²) in [5, 5.41) is 0. The van der Waals surface area contributed by atoms with Crippen LogP contribution in [0.2, 0.25) is 0 Å². The molecule has 4 nitrogen and oxygen atoms in total. The molecule has 0 spiro atoms. The lowest BCUT2D eigenvalue weighted by atomic mass is 9.88. The fourth-order valence-corrected chi connectivity index (χ4v) is 5.12. The lowest BCUT2D eigenvalue weighted by molar-refractivity contribution is -0.119. The molecule has 0 aliphatic carbocycles. The summed E-state index contributed by atoms with van der Waals surface area (Å²) in [6, 6.07) is 14.8. The smallest absolute Gasteiger partial charge is 0.227 e.